The van der Waals surface area contributed by atoms with Crippen molar-refractivity contribution in [3.05, 3.63) is 58.9 Å². The van der Waals surface area contributed by atoms with Crippen LogP contribution < -0.4 is 5.32 Å². The van der Waals surface area contributed by atoms with Gasteiger partial charge in [0.2, 0.25) is 0 Å². The number of hydrogen-bond donors (Lipinski definition) is 1. The zero-order valence-corrected chi connectivity index (χ0v) is 21.8. The Morgan fingerprint density at radius 1 is 1.12 bits per heavy atom. The van der Waals surface area contributed by atoms with Gasteiger partial charge in [0.25, 0.3) is 0 Å². The Balaban J connectivity index is 0.00000289. The number of guanidine groups is 1. The minimum absolute atomic E-state index is 0. The molecule has 0 aliphatic carbocycles. The van der Waals surface area contributed by atoms with Gasteiger partial charge >= 0.3 is 0 Å². The van der Waals surface area contributed by atoms with Crippen molar-refractivity contribution in [3.63, 3.8) is 0 Å². The van der Waals surface area contributed by atoms with E-state index in [1.807, 2.05) is 6.07 Å². The lowest BCUT2D eigenvalue weighted by atomic mass is 10.2. The standard InChI is InChI=1S/C23H30N6OS.HI/c1-3-24-23(29-13-11-28(12-14-29)16-20-9-15-30-27-20)25-10-8-21-17-31-22(26-21)19-6-4-18(2)5-7-19;/h4-7,9,15,17H,3,8,10-14,16H2,1-2H3,(H,24,25);1H. The number of nitrogens with one attached hydrogen (secondary N) is 1. The predicted octanol–water partition coefficient (Wildman–Crippen LogP) is 4.05. The van der Waals surface area contributed by atoms with Crippen molar-refractivity contribution in [1.82, 2.24) is 25.3 Å². The van der Waals surface area contributed by atoms with Crippen molar-refractivity contribution in [3.8, 4) is 10.6 Å². The van der Waals surface area contributed by atoms with Crippen molar-refractivity contribution in [2.75, 3.05) is 39.3 Å². The van der Waals surface area contributed by atoms with Crippen molar-refractivity contribution in [1.29, 1.82) is 0 Å². The first kappa shape index (κ1) is 24.7. The average Bonchev–Trinajstić information content (AvgIpc) is 3.47. The fourth-order valence-corrected chi connectivity index (χ4v) is 4.48. The molecule has 9 heteroatoms. The first-order valence-electron chi connectivity index (χ1n) is 10.9. The number of aliphatic imine (C=N–C) groups is 1. The summed E-state index contributed by atoms with van der Waals surface area (Å²) in [4.78, 5) is 14.4. The predicted molar refractivity (Wildman–Crippen MR) is 141 cm³/mol. The highest BCUT2D eigenvalue weighted by Crippen LogP contribution is 2.24. The van der Waals surface area contributed by atoms with Crippen LogP contribution in [0.1, 0.15) is 23.9 Å². The van der Waals surface area contributed by atoms with E-state index in [4.69, 9.17) is 14.5 Å². The van der Waals surface area contributed by atoms with E-state index in [9.17, 15) is 0 Å². The van der Waals surface area contributed by atoms with Crippen LogP contribution in [0.2, 0.25) is 0 Å². The van der Waals surface area contributed by atoms with Gasteiger partial charge in [-0.15, -0.1) is 35.3 Å². The number of benzene rings is 1. The summed E-state index contributed by atoms with van der Waals surface area (Å²) in [6.07, 6.45) is 2.48. The summed E-state index contributed by atoms with van der Waals surface area (Å²) in [5.41, 5.74) is 4.55. The van der Waals surface area contributed by atoms with E-state index < -0.39 is 0 Å². The van der Waals surface area contributed by atoms with Crippen molar-refractivity contribution >= 4 is 41.3 Å². The fraction of sp³-hybridized carbons (Fsp3) is 0.435. The molecule has 0 amide bonds. The van der Waals surface area contributed by atoms with Crippen molar-refractivity contribution in [2.24, 2.45) is 4.99 Å². The van der Waals surface area contributed by atoms with Gasteiger partial charge in [0.1, 0.15) is 11.3 Å². The molecule has 0 spiro atoms. The molecule has 3 aromatic rings. The maximum atomic E-state index is 4.94. The van der Waals surface area contributed by atoms with Crippen LogP contribution in [0, 0.1) is 6.92 Å². The Morgan fingerprint density at radius 2 is 1.91 bits per heavy atom. The second-order valence-electron chi connectivity index (χ2n) is 7.75. The molecule has 3 heterocycles. The Labute approximate surface area is 210 Å². The molecule has 32 heavy (non-hydrogen) atoms. The van der Waals surface area contributed by atoms with Crippen LogP contribution in [0.5, 0.6) is 0 Å². The summed E-state index contributed by atoms with van der Waals surface area (Å²) >= 11 is 1.70. The number of aromatic nitrogens is 2. The maximum absolute atomic E-state index is 4.94. The second-order valence-corrected chi connectivity index (χ2v) is 8.61. The molecule has 1 aliphatic heterocycles. The molecule has 172 valence electrons. The van der Waals surface area contributed by atoms with Crippen LogP contribution in [-0.2, 0) is 13.0 Å². The Kier molecular flexibility index (Phi) is 9.49. The first-order chi connectivity index (χ1) is 15.2. The highest BCUT2D eigenvalue weighted by atomic mass is 127. The number of aryl methyl sites for hydroxylation is 1. The molecule has 1 saturated heterocycles. The topological polar surface area (TPSA) is 69.8 Å². The summed E-state index contributed by atoms with van der Waals surface area (Å²) in [6, 6.07) is 10.5. The molecule has 0 bridgehead atoms. The van der Waals surface area contributed by atoms with Crippen LogP contribution in [0.3, 0.4) is 0 Å². The number of hydrogen-bond acceptors (Lipinski definition) is 6. The lowest BCUT2D eigenvalue weighted by Gasteiger charge is -2.36. The number of piperazine rings is 1. The molecule has 1 N–H and O–H groups in total. The molecule has 0 saturated carbocycles. The quantitative estimate of drug-likeness (QED) is 0.265. The molecule has 0 unspecified atom stereocenters. The smallest absolute Gasteiger partial charge is 0.194 e. The van der Waals surface area contributed by atoms with Crippen molar-refractivity contribution < 1.29 is 4.52 Å². The lowest BCUT2D eigenvalue weighted by Crippen LogP contribution is -2.52. The van der Waals surface area contributed by atoms with E-state index in [2.05, 4.69) is 63.8 Å². The van der Waals surface area contributed by atoms with E-state index in [0.717, 1.165) is 74.6 Å². The van der Waals surface area contributed by atoms with Gasteiger partial charge in [-0.3, -0.25) is 9.89 Å². The highest BCUT2D eigenvalue weighted by Gasteiger charge is 2.20. The number of nitrogens with zero attached hydrogens (tertiary/aromatic N) is 5. The van der Waals surface area contributed by atoms with Crippen LogP contribution in [0.4, 0.5) is 0 Å². The van der Waals surface area contributed by atoms with Crippen LogP contribution in [0.15, 0.2) is 51.5 Å². The van der Waals surface area contributed by atoms with Gasteiger partial charge in [-0.05, 0) is 13.8 Å². The molecular weight excluding hydrogens is 535 g/mol. The Morgan fingerprint density at radius 3 is 2.59 bits per heavy atom. The zero-order valence-electron chi connectivity index (χ0n) is 18.7. The molecule has 7 nitrogen and oxygen atoms in total. The molecule has 4 rings (SSSR count). The van der Waals surface area contributed by atoms with E-state index in [1.165, 1.54) is 11.1 Å². The van der Waals surface area contributed by atoms with E-state index >= 15 is 0 Å². The molecule has 2 aromatic heterocycles. The van der Waals surface area contributed by atoms with Gasteiger partial charge in [-0.25, -0.2) is 4.98 Å². The van der Waals surface area contributed by atoms with Crippen LogP contribution >= 0.6 is 35.3 Å². The van der Waals surface area contributed by atoms with Gasteiger partial charge in [0, 0.05) is 69.2 Å². The summed E-state index contributed by atoms with van der Waals surface area (Å²) in [7, 11) is 0. The van der Waals surface area contributed by atoms with Gasteiger partial charge in [-0.1, -0.05) is 35.0 Å². The molecule has 0 atom stereocenters. The third-order valence-corrected chi connectivity index (χ3v) is 6.30. The van der Waals surface area contributed by atoms with E-state index in [1.54, 1.807) is 17.6 Å². The van der Waals surface area contributed by atoms with Crippen LogP contribution in [0.25, 0.3) is 10.6 Å². The van der Waals surface area contributed by atoms with Gasteiger partial charge < -0.3 is 14.7 Å². The fourth-order valence-electron chi connectivity index (χ4n) is 3.62. The van der Waals surface area contributed by atoms with Gasteiger partial charge in [-0.2, -0.15) is 0 Å². The summed E-state index contributed by atoms with van der Waals surface area (Å²) in [6.45, 7) is 10.6. The van der Waals surface area contributed by atoms with Crippen molar-refractivity contribution in [2.45, 2.75) is 26.8 Å². The zero-order chi connectivity index (χ0) is 21.5. The molecular formula is C23H31IN6OS. The minimum Gasteiger partial charge on any atom is -0.364 e. The molecule has 1 fully saturated rings. The maximum Gasteiger partial charge on any atom is 0.194 e. The SMILES string of the molecule is CCNC(=NCCc1csc(-c2ccc(C)cc2)n1)N1CCN(Cc2ccon2)CC1.I. The molecule has 0 radical (unpaired) electrons. The summed E-state index contributed by atoms with van der Waals surface area (Å²) < 4.78 is 4.94. The van der Waals surface area contributed by atoms with E-state index in [-0.39, 0.29) is 24.0 Å². The Hall–Kier alpha value is -1.98. The third kappa shape index (κ3) is 6.76. The highest BCUT2D eigenvalue weighted by molar-refractivity contribution is 14.0. The lowest BCUT2D eigenvalue weighted by molar-refractivity contribution is 0.169. The molecule has 1 aliphatic rings. The Bertz CT molecular complexity index is 965. The minimum atomic E-state index is 0. The summed E-state index contributed by atoms with van der Waals surface area (Å²) in [5.74, 6) is 0.998. The third-order valence-electron chi connectivity index (χ3n) is 5.36. The number of thiazole rings is 1. The van der Waals surface area contributed by atoms with Gasteiger partial charge in [0.05, 0.1) is 11.4 Å². The van der Waals surface area contributed by atoms with E-state index in [0.29, 0.717) is 0 Å². The largest absolute Gasteiger partial charge is 0.364 e. The number of rotatable bonds is 7. The monoisotopic (exact) mass is 566 g/mol. The first-order valence-corrected chi connectivity index (χ1v) is 11.8. The second kappa shape index (κ2) is 12.3. The van der Waals surface area contributed by atoms with Crippen LogP contribution in [-0.4, -0.2) is 65.2 Å². The summed E-state index contributed by atoms with van der Waals surface area (Å²) in [5, 5.41) is 10.7. The van der Waals surface area contributed by atoms with Gasteiger partial charge in [0.15, 0.2) is 5.96 Å². The molecule has 1 aromatic carbocycles. The number of halogens is 1. The normalized spacial score (nSPS) is 14.9. The average molecular weight is 567 g/mol.